The Balaban J connectivity index is 2.33. The van der Waals surface area contributed by atoms with Gasteiger partial charge in [-0.15, -0.1) is 0 Å². The fraction of sp³-hybridized carbons (Fsp3) is 0.889. The highest BCUT2D eigenvalue weighted by Crippen LogP contribution is 2.38. The quantitative estimate of drug-likeness (QED) is 0.0738. The highest BCUT2D eigenvalue weighted by molar-refractivity contribution is 5.92. The third-order valence-corrected chi connectivity index (χ3v) is 9.83. The summed E-state index contributed by atoms with van der Waals surface area (Å²) in [4.78, 5) is 51.0. The van der Waals surface area contributed by atoms with Gasteiger partial charge in [0.15, 0.2) is 0 Å². The van der Waals surface area contributed by atoms with Gasteiger partial charge in [-0.05, 0) is 31.6 Å². The summed E-state index contributed by atoms with van der Waals surface area (Å²) in [5.74, 6) is -4.50. The first-order valence-corrected chi connectivity index (χ1v) is 18.4. The molecule has 1 aliphatic carbocycles. The number of primary amides is 2. The lowest BCUT2D eigenvalue weighted by atomic mass is 9.67. The van der Waals surface area contributed by atoms with Gasteiger partial charge in [-0.1, -0.05) is 136 Å². The zero-order valence-corrected chi connectivity index (χ0v) is 28.6. The van der Waals surface area contributed by atoms with Gasteiger partial charge in [0.2, 0.25) is 23.6 Å². The molecule has 4 amide bonds. The van der Waals surface area contributed by atoms with Crippen molar-refractivity contribution in [3.63, 3.8) is 0 Å². The van der Waals surface area contributed by atoms with Crippen LogP contribution in [0.4, 0.5) is 0 Å². The molecule has 0 aromatic rings. The average molecular weight is 621 g/mol. The minimum Gasteiger partial charge on any atom is -0.369 e. The van der Waals surface area contributed by atoms with Crippen molar-refractivity contribution < 1.29 is 19.2 Å². The van der Waals surface area contributed by atoms with E-state index in [0.29, 0.717) is 19.0 Å². The Hall–Kier alpha value is -2.12. The standard InChI is InChI=1S/C36H68N4O4/c1-4-7-9-10-11-12-13-14-15-16-17-18-19-20-21-22-24-39-35(43)31-25-30(34(38)42)32(26-29(31)33(37)41)36(44)40-27-28(6-3)23-8-5-2/h28-32H,4-27H2,1-3H3,(H2,37,41)(H2,38,42)(H,39,43)(H,40,44). The number of hydrogen-bond acceptors (Lipinski definition) is 4. The van der Waals surface area contributed by atoms with E-state index in [0.717, 1.165) is 44.9 Å². The first kappa shape index (κ1) is 39.9. The molecule has 0 aromatic heterocycles. The van der Waals surface area contributed by atoms with Crippen LogP contribution in [0.15, 0.2) is 0 Å². The van der Waals surface area contributed by atoms with Gasteiger partial charge in [0.25, 0.3) is 0 Å². The van der Waals surface area contributed by atoms with Gasteiger partial charge in [0.1, 0.15) is 0 Å². The largest absolute Gasteiger partial charge is 0.369 e. The summed E-state index contributed by atoms with van der Waals surface area (Å²) in [5.41, 5.74) is 11.4. The number of rotatable bonds is 27. The minimum absolute atomic E-state index is 0.0671. The SMILES string of the molecule is CCCCCCCCCCCCCCCCCCNC(=O)C1CC(C(N)=O)C(C(=O)NCC(CC)CCCC)CC1C(N)=O. The fourth-order valence-corrected chi connectivity index (χ4v) is 6.75. The van der Waals surface area contributed by atoms with E-state index in [4.69, 9.17) is 11.5 Å². The molecule has 6 N–H and O–H groups in total. The maximum atomic E-state index is 13.1. The van der Waals surface area contributed by atoms with Crippen LogP contribution in [0.25, 0.3) is 0 Å². The molecule has 1 saturated carbocycles. The summed E-state index contributed by atoms with van der Waals surface area (Å²) in [5, 5.41) is 5.95. The molecule has 5 atom stereocenters. The van der Waals surface area contributed by atoms with Crippen molar-refractivity contribution >= 4 is 23.6 Å². The highest BCUT2D eigenvalue weighted by atomic mass is 16.2. The van der Waals surface area contributed by atoms with E-state index >= 15 is 0 Å². The van der Waals surface area contributed by atoms with Crippen LogP contribution in [0.2, 0.25) is 0 Å². The van der Waals surface area contributed by atoms with Crippen molar-refractivity contribution in [1.29, 1.82) is 0 Å². The van der Waals surface area contributed by atoms with Crippen LogP contribution >= 0.6 is 0 Å². The monoisotopic (exact) mass is 621 g/mol. The fourth-order valence-electron chi connectivity index (χ4n) is 6.75. The molecule has 1 fully saturated rings. The Morgan fingerprint density at radius 3 is 1.32 bits per heavy atom. The lowest BCUT2D eigenvalue weighted by molar-refractivity contribution is -0.145. The van der Waals surface area contributed by atoms with Gasteiger partial charge in [-0.25, -0.2) is 0 Å². The maximum absolute atomic E-state index is 13.1. The van der Waals surface area contributed by atoms with E-state index < -0.39 is 35.5 Å². The average Bonchev–Trinajstić information content (AvgIpc) is 3.01. The molecule has 44 heavy (non-hydrogen) atoms. The third kappa shape index (κ3) is 16.8. The number of hydrogen-bond donors (Lipinski definition) is 4. The summed E-state index contributed by atoms with van der Waals surface area (Å²) in [6, 6.07) is 0. The molecular formula is C36H68N4O4. The highest BCUT2D eigenvalue weighted by Gasteiger charge is 2.47. The van der Waals surface area contributed by atoms with Crippen LogP contribution in [-0.4, -0.2) is 36.7 Å². The Morgan fingerprint density at radius 2 is 0.932 bits per heavy atom. The molecule has 1 rings (SSSR count). The first-order chi connectivity index (χ1) is 21.3. The number of carbonyl (C=O) groups is 4. The van der Waals surface area contributed by atoms with Gasteiger partial charge < -0.3 is 22.1 Å². The summed E-state index contributed by atoms with van der Waals surface area (Å²) >= 11 is 0. The molecule has 0 bridgehead atoms. The normalized spacial score (nSPS) is 20.6. The number of carbonyl (C=O) groups excluding carboxylic acids is 4. The second-order valence-corrected chi connectivity index (χ2v) is 13.5. The van der Waals surface area contributed by atoms with E-state index in [1.54, 1.807) is 0 Å². The van der Waals surface area contributed by atoms with Crippen LogP contribution in [0, 0.1) is 29.6 Å². The van der Waals surface area contributed by atoms with Crippen molar-refractivity contribution in [1.82, 2.24) is 10.6 Å². The van der Waals surface area contributed by atoms with Crippen molar-refractivity contribution in [3.8, 4) is 0 Å². The summed E-state index contributed by atoms with van der Waals surface area (Å²) < 4.78 is 0. The van der Waals surface area contributed by atoms with Gasteiger partial charge in [-0.3, -0.25) is 19.2 Å². The van der Waals surface area contributed by atoms with Gasteiger partial charge in [0.05, 0.1) is 23.7 Å². The van der Waals surface area contributed by atoms with E-state index in [1.807, 2.05) is 0 Å². The van der Waals surface area contributed by atoms with E-state index in [2.05, 4.69) is 31.4 Å². The Kier molecular flexibility index (Phi) is 22.8. The van der Waals surface area contributed by atoms with Crippen LogP contribution in [0.3, 0.4) is 0 Å². The molecule has 0 aliphatic heterocycles. The van der Waals surface area contributed by atoms with Gasteiger partial charge >= 0.3 is 0 Å². The van der Waals surface area contributed by atoms with Gasteiger partial charge in [0, 0.05) is 13.1 Å². The van der Waals surface area contributed by atoms with E-state index in [-0.39, 0.29) is 24.7 Å². The van der Waals surface area contributed by atoms with Crippen LogP contribution < -0.4 is 22.1 Å². The van der Waals surface area contributed by atoms with Crippen molar-refractivity contribution in [2.75, 3.05) is 13.1 Å². The summed E-state index contributed by atoms with van der Waals surface area (Å²) in [7, 11) is 0. The molecule has 256 valence electrons. The second kappa shape index (κ2) is 25.1. The van der Waals surface area contributed by atoms with Crippen LogP contribution in [-0.2, 0) is 19.2 Å². The molecule has 0 spiro atoms. The Bertz CT molecular complexity index is 805. The molecule has 0 saturated heterocycles. The zero-order chi connectivity index (χ0) is 32.6. The molecule has 8 nitrogen and oxygen atoms in total. The van der Waals surface area contributed by atoms with E-state index in [1.165, 1.54) is 83.5 Å². The second-order valence-electron chi connectivity index (χ2n) is 13.5. The number of nitrogens with two attached hydrogens (primary N) is 2. The molecule has 0 heterocycles. The number of unbranched alkanes of at least 4 members (excludes halogenated alkanes) is 16. The Labute approximate surface area is 269 Å². The smallest absolute Gasteiger partial charge is 0.223 e. The van der Waals surface area contributed by atoms with E-state index in [9.17, 15) is 19.2 Å². The first-order valence-electron chi connectivity index (χ1n) is 18.4. The van der Waals surface area contributed by atoms with Crippen LogP contribution in [0.5, 0.6) is 0 Å². The molecule has 8 heteroatoms. The minimum atomic E-state index is -0.799. The lowest BCUT2D eigenvalue weighted by Gasteiger charge is -2.37. The summed E-state index contributed by atoms with van der Waals surface area (Å²) in [6.45, 7) is 7.57. The third-order valence-electron chi connectivity index (χ3n) is 9.83. The number of amides is 4. The van der Waals surface area contributed by atoms with Crippen molar-refractivity contribution in [2.45, 2.75) is 162 Å². The van der Waals surface area contributed by atoms with Crippen molar-refractivity contribution in [2.24, 2.45) is 41.1 Å². The lowest BCUT2D eigenvalue weighted by Crippen LogP contribution is -2.52. The number of nitrogens with one attached hydrogen (secondary N) is 2. The molecule has 0 aromatic carbocycles. The maximum Gasteiger partial charge on any atom is 0.223 e. The topological polar surface area (TPSA) is 144 Å². The molecular weight excluding hydrogens is 552 g/mol. The zero-order valence-electron chi connectivity index (χ0n) is 28.6. The molecule has 1 aliphatic rings. The van der Waals surface area contributed by atoms with Gasteiger partial charge in [-0.2, -0.15) is 0 Å². The van der Waals surface area contributed by atoms with Crippen LogP contribution in [0.1, 0.15) is 162 Å². The Morgan fingerprint density at radius 1 is 0.545 bits per heavy atom. The van der Waals surface area contributed by atoms with Crippen molar-refractivity contribution in [3.05, 3.63) is 0 Å². The summed E-state index contributed by atoms with van der Waals surface area (Å²) in [6.07, 6.45) is 24.9. The molecule has 0 radical (unpaired) electrons. The molecule has 5 unspecified atom stereocenters. The predicted octanol–water partition coefficient (Wildman–Crippen LogP) is 6.93. The predicted molar refractivity (Wildman–Crippen MR) is 180 cm³/mol.